The third-order valence-corrected chi connectivity index (χ3v) is 5.97. The second kappa shape index (κ2) is 9.94. The van der Waals surface area contributed by atoms with E-state index < -0.39 is 23.3 Å². The van der Waals surface area contributed by atoms with Crippen molar-refractivity contribution in [3.05, 3.63) is 29.3 Å². The third-order valence-electron chi connectivity index (χ3n) is 5.97. The van der Waals surface area contributed by atoms with E-state index in [2.05, 4.69) is 17.3 Å². The quantitative estimate of drug-likeness (QED) is 0.704. The Morgan fingerprint density at radius 2 is 1.84 bits per heavy atom. The molecule has 1 amide bonds. The first-order valence-electron chi connectivity index (χ1n) is 10.5. The molecule has 2 atom stereocenters. The van der Waals surface area contributed by atoms with Gasteiger partial charge in [0.05, 0.1) is 30.3 Å². The maximum absolute atomic E-state index is 13.1. The van der Waals surface area contributed by atoms with Crippen molar-refractivity contribution in [2.45, 2.75) is 68.9 Å². The van der Waals surface area contributed by atoms with Crippen molar-refractivity contribution in [1.82, 2.24) is 10.2 Å². The van der Waals surface area contributed by atoms with Crippen LogP contribution < -0.4 is 10.1 Å². The molecule has 1 aliphatic heterocycles. The van der Waals surface area contributed by atoms with Crippen LogP contribution >= 0.6 is 0 Å². The Morgan fingerprint density at radius 1 is 1.16 bits per heavy atom. The van der Waals surface area contributed by atoms with E-state index in [9.17, 15) is 28.5 Å². The molecule has 1 aromatic rings. The molecule has 1 saturated heterocycles. The molecule has 9 heteroatoms. The van der Waals surface area contributed by atoms with Crippen LogP contribution in [0.2, 0.25) is 0 Å². The van der Waals surface area contributed by atoms with Crippen LogP contribution in [0.4, 0.5) is 13.2 Å². The van der Waals surface area contributed by atoms with Crippen molar-refractivity contribution in [3.63, 3.8) is 0 Å². The van der Waals surface area contributed by atoms with Gasteiger partial charge in [0.15, 0.2) is 0 Å². The Morgan fingerprint density at radius 3 is 2.44 bits per heavy atom. The van der Waals surface area contributed by atoms with Crippen LogP contribution in [0.1, 0.15) is 49.7 Å². The van der Waals surface area contributed by atoms with Crippen molar-refractivity contribution < 1.29 is 22.7 Å². The molecule has 0 aromatic heterocycles. The fourth-order valence-electron chi connectivity index (χ4n) is 4.32. The van der Waals surface area contributed by atoms with Crippen LogP contribution in [0.25, 0.3) is 0 Å². The molecule has 1 heterocycles. The number of nitrogens with one attached hydrogen (secondary N) is 1. The number of ether oxygens (including phenoxy) is 1. The molecular weight excluding hydrogens is 421 g/mol. The van der Waals surface area contributed by atoms with Crippen molar-refractivity contribution >= 4 is 5.91 Å². The summed E-state index contributed by atoms with van der Waals surface area (Å²) < 4.78 is 45.1. The number of alkyl halides is 3. The molecule has 0 unspecified atom stereocenters. The van der Waals surface area contributed by atoms with Crippen molar-refractivity contribution in [3.8, 4) is 30.2 Å². The molecule has 2 aliphatic rings. The van der Waals surface area contributed by atoms with E-state index in [1.165, 1.54) is 17.0 Å². The molecule has 1 saturated carbocycles. The molecule has 32 heavy (non-hydrogen) atoms. The first kappa shape index (κ1) is 23.4. The lowest BCUT2D eigenvalue weighted by atomic mass is 9.92. The number of amides is 1. The molecule has 1 aromatic carbocycles. The number of carbonyl (C=O) groups excluding carboxylic acids is 1. The van der Waals surface area contributed by atoms with Crippen LogP contribution in [0.5, 0.6) is 5.75 Å². The lowest BCUT2D eigenvalue weighted by Crippen LogP contribution is -2.47. The highest BCUT2D eigenvalue weighted by atomic mass is 19.4. The summed E-state index contributed by atoms with van der Waals surface area (Å²) in [6, 6.07) is 6.38. The predicted molar refractivity (Wildman–Crippen MR) is 109 cm³/mol. The summed E-state index contributed by atoms with van der Waals surface area (Å²) in [5.74, 6) is 2.29. The molecule has 0 spiro atoms. The van der Waals surface area contributed by atoms with Crippen LogP contribution in [0.15, 0.2) is 18.2 Å². The van der Waals surface area contributed by atoms with E-state index in [1.54, 1.807) is 6.07 Å². The van der Waals surface area contributed by atoms with Crippen molar-refractivity contribution in [1.29, 1.82) is 10.5 Å². The second-order valence-corrected chi connectivity index (χ2v) is 7.97. The summed E-state index contributed by atoms with van der Waals surface area (Å²) in [5, 5.41) is 21.6. The minimum absolute atomic E-state index is 0.0446. The number of terminal acetylenes is 1. The number of carbonyl (C=O) groups is 1. The number of benzene rings is 1. The zero-order valence-corrected chi connectivity index (χ0v) is 17.4. The minimum atomic E-state index is -4.63. The van der Waals surface area contributed by atoms with Crippen molar-refractivity contribution in [2.75, 3.05) is 6.54 Å². The smallest absolute Gasteiger partial charge is 0.417 e. The van der Waals surface area contributed by atoms with E-state index in [1.807, 2.05) is 0 Å². The Labute approximate surface area is 184 Å². The molecule has 6 nitrogen and oxygen atoms in total. The summed E-state index contributed by atoms with van der Waals surface area (Å²) in [7, 11) is 0. The SMILES string of the molecule is C#C[C@H]1CC[C@@H](C#N)N1C(=O)CN[C@H]1CC[C@H](Oc2cccc(C(F)(F)F)c2C#N)CC1. The fraction of sp³-hybridized carbons (Fsp3) is 0.522. The van der Waals surface area contributed by atoms with E-state index in [0.717, 1.165) is 6.07 Å². The highest BCUT2D eigenvalue weighted by Gasteiger charge is 2.37. The standard InChI is InChI=1S/C23H23F3N4O2/c1-2-16-8-9-17(12-27)30(16)22(31)14-29-15-6-10-18(11-7-15)32-21-5-3-4-20(19(21)13-28)23(24,25)26/h1,3-5,15-18,29H,6-11,14H2/t15-,16-,17-,18-/m0/s1. The maximum Gasteiger partial charge on any atom is 0.417 e. The van der Waals surface area contributed by atoms with Gasteiger partial charge in [0, 0.05) is 6.04 Å². The highest BCUT2D eigenvalue weighted by Crippen LogP contribution is 2.36. The number of halogens is 3. The van der Waals surface area contributed by atoms with Gasteiger partial charge < -0.3 is 15.0 Å². The van der Waals surface area contributed by atoms with Gasteiger partial charge in [0.25, 0.3) is 0 Å². The molecule has 2 fully saturated rings. The molecule has 1 N–H and O–H groups in total. The molecule has 1 aliphatic carbocycles. The number of hydrogen-bond donors (Lipinski definition) is 1. The summed E-state index contributed by atoms with van der Waals surface area (Å²) in [6.45, 7) is 0.0682. The fourth-order valence-corrected chi connectivity index (χ4v) is 4.32. The molecule has 168 valence electrons. The Kier molecular flexibility index (Phi) is 7.28. The molecule has 3 rings (SSSR count). The van der Waals surface area contributed by atoms with Crippen molar-refractivity contribution in [2.24, 2.45) is 0 Å². The average Bonchev–Trinajstić information content (AvgIpc) is 3.21. The molecule has 0 bridgehead atoms. The molecule has 0 radical (unpaired) electrons. The third kappa shape index (κ3) is 5.15. The predicted octanol–water partition coefficient (Wildman–Crippen LogP) is 3.37. The topological polar surface area (TPSA) is 89.2 Å². The van der Waals surface area contributed by atoms with Crippen LogP contribution in [-0.2, 0) is 11.0 Å². The molecular formula is C23H23F3N4O2. The Bertz CT molecular complexity index is 943. The largest absolute Gasteiger partial charge is 0.489 e. The first-order valence-corrected chi connectivity index (χ1v) is 10.5. The van der Waals surface area contributed by atoms with Crippen LogP contribution in [-0.4, -0.2) is 41.6 Å². The normalized spacial score (nSPS) is 25.4. The number of rotatable bonds is 5. The van der Waals surface area contributed by atoms with Gasteiger partial charge in [0.1, 0.15) is 23.4 Å². The van der Waals surface area contributed by atoms with Gasteiger partial charge in [-0.2, -0.15) is 23.7 Å². The summed E-state index contributed by atoms with van der Waals surface area (Å²) in [6.07, 6.45) is 4.20. The zero-order valence-electron chi connectivity index (χ0n) is 17.4. The minimum Gasteiger partial charge on any atom is -0.489 e. The van der Waals surface area contributed by atoms with E-state index in [4.69, 9.17) is 11.2 Å². The Hall–Kier alpha value is -3.22. The first-order chi connectivity index (χ1) is 15.3. The van der Waals surface area contributed by atoms with E-state index >= 15 is 0 Å². The van der Waals surface area contributed by atoms with Gasteiger partial charge in [-0.1, -0.05) is 12.0 Å². The van der Waals surface area contributed by atoms with Gasteiger partial charge in [-0.25, -0.2) is 0 Å². The summed E-state index contributed by atoms with van der Waals surface area (Å²) >= 11 is 0. The Balaban J connectivity index is 1.52. The number of nitrogens with zero attached hydrogens (tertiary/aromatic N) is 3. The number of likely N-dealkylation sites (tertiary alicyclic amines) is 1. The number of nitriles is 2. The lowest BCUT2D eigenvalue weighted by molar-refractivity contribution is -0.138. The van der Waals surface area contributed by atoms with Crippen LogP contribution in [0.3, 0.4) is 0 Å². The summed E-state index contributed by atoms with van der Waals surface area (Å²) in [4.78, 5) is 14.1. The van der Waals surface area contributed by atoms with Gasteiger partial charge >= 0.3 is 6.18 Å². The van der Waals surface area contributed by atoms with Gasteiger partial charge in [-0.3, -0.25) is 4.79 Å². The average molecular weight is 444 g/mol. The monoisotopic (exact) mass is 444 g/mol. The van der Waals surface area contributed by atoms with E-state index in [-0.39, 0.29) is 36.4 Å². The number of hydrogen-bond acceptors (Lipinski definition) is 5. The lowest BCUT2D eigenvalue weighted by Gasteiger charge is -2.31. The highest BCUT2D eigenvalue weighted by molar-refractivity contribution is 5.80. The second-order valence-electron chi connectivity index (χ2n) is 7.97. The van der Waals surface area contributed by atoms with Gasteiger partial charge in [0.2, 0.25) is 5.91 Å². The van der Waals surface area contributed by atoms with E-state index in [0.29, 0.717) is 38.5 Å². The zero-order chi connectivity index (χ0) is 23.3. The van der Waals surface area contributed by atoms with Crippen LogP contribution in [0, 0.1) is 35.0 Å². The summed E-state index contributed by atoms with van der Waals surface area (Å²) in [5.41, 5.74) is -1.51. The maximum atomic E-state index is 13.1. The van der Waals surface area contributed by atoms with Gasteiger partial charge in [-0.05, 0) is 50.7 Å². The van der Waals surface area contributed by atoms with Gasteiger partial charge in [-0.15, -0.1) is 6.42 Å².